The number of likely N-dealkylation sites (tertiary alicyclic amines) is 1. The number of carbonyl (C=O) groups is 2. The van der Waals surface area contributed by atoms with Gasteiger partial charge in [0.1, 0.15) is 11.2 Å². The molecule has 0 radical (unpaired) electrons. The number of aliphatic carboxylic acids is 1. The van der Waals surface area contributed by atoms with Crippen LogP contribution in [-0.4, -0.2) is 48.7 Å². The highest BCUT2D eigenvalue weighted by Crippen LogP contribution is 2.33. The number of furan rings is 1. The molecule has 2 rings (SSSR count). The van der Waals surface area contributed by atoms with Gasteiger partial charge in [-0.1, -0.05) is 13.8 Å². The maximum absolute atomic E-state index is 12.6. The molecule has 1 aromatic rings. The van der Waals surface area contributed by atoms with Crippen LogP contribution in [0.25, 0.3) is 0 Å². The molecule has 0 aliphatic carbocycles. The van der Waals surface area contributed by atoms with Crippen LogP contribution in [0.4, 0.5) is 0 Å². The summed E-state index contributed by atoms with van der Waals surface area (Å²) in [6.45, 7) is 4.58. The molecule has 1 aromatic heterocycles. The van der Waals surface area contributed by atoms with E-state index in [0.29, 0.717) is 24.3 Å². The summed E-state index contributed by atoms with van der Waals surface area (Å²) in [5, 5.41) is 9.43. The van der Waals surface area contributed by atoms with Crippen molar-refractivity contribution in [1.82, 2.24) is 4.90 Å². The molecule has 6 nitrogen and oxygen atoms in total. The average Bonchev–Trinajstić information content (AvgIpc) is 3.05. The minimum Gasteiger partial charge on any atom is -0.481 e. The topological polar surface area (TPSA) is 80.0 Å². The van der Waals surface area contributed by atoms with Gasteiger partial charge in [-0.25, -0.2) is 0 Å². The van der Waals surface area contributed by atoms with Crippen LogP contribution in [0.5, 0.6) is 0 Å². The molecule has 1 unspecified atom stereocenters. The van der Waals surface area contributed by atoms with Crippen LogP contribution in [0.3, 0.4) is 0 Å². The van der Waals surface area contributed by atoms with Crippen LogP contribution < -0.4 is 0 Å². The first-order chi connectivity index (χ1) is 9.91. The summed E-state index contributed by atoms with van der Waals surface area (Å²) in [6.07, 6.45) is 1.90. The van der Waals surface area contributed by atoms with Crippen LogP contribution in [0, 0.1) is 5.41 Å². The van der Waals surface area contributed by atoms with E-state index in [9.17, 15) is 14.7 Å². The standard InChI is InChI=1S/C15H21NO5/c1-10(2)12-11(4-7-21-12)13(17)16-6-5-15(8-16,9-20-3)14(18)19/h4,7,10H,5-6,8-9H2,1-3H3,(H,18,19). The first-order valence-electron chi connectivity index (χ1n) is 7.00. The van der Waals surface area contributed by atoms with E-state index in [1.807, 2.05) is 13.8 Å². The first kappa shape index (κ1) is 15.6. The second-order valence-electron chi connectivity index (χ2n) is 5.85. The van der Waals surface area contributed by atoms with E-state index in [0.717, 1.165) is 0 Å². The summed E-state index contributed by atoms with van der Waals surface area (Å²) in [4.78, 5) is 25.7. The zero-order valence-electron chi connectivity index (χ0n) is 12.6. The number of hydrogen-bond acceptors (Lipinski definition) is 4. The fraction of sp³-hybridized carbons (Fsp3) is 0.600. The molecule has 0 saturated carbocycles. The molecule has 1 atom stereocenters. The minimum atomic E-state index is -1.01. The van der Waals surface area contributed by atoms with Crippen molar-refractivity contribution in [2.45, 2.75) is 26.2 Å². The molecule has 2 heterocycles. The summed E-state index contributed by atoms with van der Waals surface area (Å²) < 4.78 is 10.4. The Kier molecular flexibility index (Phi) is 4.37. The van der Waals surface area contributed by atoms with Crippen molar-refractivity contribution in [1.29, 1.82) is 0 Å². The van der Waals surface area contributed by atoms with E-state index in [4.69, 9.17) is 9.15 Å². The van der Waals surface area contributed by atoms with Gasteiger partial charge in [-0.15, -0.1) is 0 Å². The monoisotopic (exact) mass is 295 g/mol. The van der Waals surface area contributed by atoms with Crippen molar-refractivity contribution < 1.29 is 23.8 Å². The zero-order valence-corrected chi connectivity index (χ0v) is 12.6. The highest BCUT2D eigenvalue weighted by molar-refractivity contribution is 5.96. The molecule has 6 heteroatoms. The van der Waals surface area contributed by atoms with Gasteiger partial charge in [-0.2, -0.15) is 0 Å². The van der Waals surface area contributed by atoms with Gasteiger partial charge in [0.15, 0.2) is 0 Å². The van der Waals surface area contributed by atoms with Gasteiger partial charge in [0.25, 0.3) is 5.91 Å². The first-order valence-corrected chi connectivity index (χ1v) is 7.00. The Labute approximate surface area is 123 Å². The number of hydrogen-bond donors (Lipinski definition) is 1. The van der Waals surface area contributed by atoms with Crippen LogP contribution in [-0.2, 0) is 9.53 Å². The highest BCUT2D eigenvalue weighted by Gasteiger charge is 2.46. The molecule has 1 saturated heterocycles. The molecular weight excluding hydrogens is 274 g/mol. The number of carboxylic acid groups (broad SMARTS) is 1. The molecule has 1 N–H and O–H groups in total. The smallest absolute Gasteiger partial charge is 0.313 e. The van der Waals surface area contributed by atoms with Crippen molar-refractivity contribution in [3.8, 4) is 0 Å². The fourth-order valence-electron chi connectivity index (χ4n) is 2.79. The van der Waals surface area contributed by atoms with Gasteiger partial charge < -0.3 is 19.2 Å². The summed E-state index contributed by atoms with van der Waals surface area (Å²) in [7, 11) is 1.47. The summed E-state index contributed by atoms with van der Waals surface area (Å²) in [5.41, 5.74) is -0.491. The van der Waals surface area contributed by atoms with E-state index in [1.54, 1.807) is 11.0 Å². The molecule has 0 aromatic carbocycles. The average molecular weight is 295 g/mol. The van der Waals surface area contributed by atoms with Crippen LogP contribution in [0.15, 0.2) is 16.7 Å². The Hall–Kier alpha value is -1.82. The predicted molar refractivity (Wildman–Crippen MR) is 75.3 cm³/mol. The lowest BCUT2D eigenvalue weighted by Crippen LogP contribution is -2.40. The lowest BCUT2D eigenvalue weighted by Gasteiger charge is -2.23. The van der Waals surface area contributed by atoms with Crippen molar-refractivity contribution in [3.05, 3.63) is 23.7 Å². The van der Waals surface area contributed by atoms with Crippen molar-refractivity contribution in [2.75, 3.05) is 26.8 Å². The molecule has 0 spiro atoms. The maximum atomic E-state index is 12.6. The molecule has 0 bridgehead atoms. The molecule has 116 valence electrons. The Morgan fingerprint density at radius 3 is 2.81 bits per heavy atom. The third-order valence-corrected chi connectivity index (χ3v) is 3.97. The van der Waals surface area contributed by atoms with Crippen LogP contribution in [0.2, 0.25) is 0 Å². The van der Waals surface area contributed by atoms with Crippen molar-refractivity contribution >= 4 is 11.9 Å². The van der Waals surface area contributed by atoms with Crippen LogP contribution >= 0.6 is 0 Å². The predicted octanol–water partition coefficient (Wildman–Crippen LogP) is 1.97. The largest absolute Gasteiger partial charge is 0.481 e. The molecule has 1 aliphatic heterocycles. The Morgan fingerprint density at radius 1 is 1.52 bits per heavy atom. The van der Waals surface area contributed by atoms with Gasteiger partial charge in [-0.3, -0.25) is 9.59 Å². The van der Waals surface area contributed by atoms with Crippen LogP contribution in [0.1, 0.15) is 42.3 Å². The number of amides is 1. The zero-order chi connectivity index (χ0) is 15.6. The Balaban J connectivity index is 2.19. The summed E-state index contributed by atoms with van der Waals surface area (Å²) >= 11 is 0. The second kappa shape index (κ2) is 5.89. The van der Waals surface area contributed by atoms with Crippen molar-refractivity contribution in [2.24, 2.45) is 5.41 Å². The molecule has 1 fully saturated rings. The van der Waals surface area contributed by atoms with E-state index >= 15 is 0 Å². The molecular formula is C15H21NO5. The second-order valence-corrected chi connectivity index (χ2v) is 5.85. The van der Waals surface area contributed by atoms with E-state index < -0.39 is 11.4 Å². The number of carboxylic acids is 1. The lowest BCUT2D eigenvalue weighted by molar-refractivity contribution is -0.151. The van der Waals surface area contributed by atoms with Gasteiger partial charge >= 0.3 is 5.97 Å². The minimum absolute atomic E-state index is 0.102. The number of rotatable bonds is 5. The van der Waals surface area contributed by atoms with Crippen molar-refractivity contribution in [3.63, 3.8) is 0 Å². The summed E-state index contributed by atoms with van der Waals surface area (Å²) in [6, 6.07) is 1.65. The number of methoxy groups -OCH3 is 1. The molecule has 1 aliphatic rings. The van der Waals surface area contributed by atoms with E-state index in [1.165, 1.54) is 13.4 Å². The number of carbonyl (C=O) groups excluding carboxylic acids is 1. The van der Waals surface area contributed by atoms with Gasteiger partial charge in [0.05, 0.1) is 18.4 Å². The molecule has 21 heavy (non-hydrogen) atoms. The third kappa shape index (κ3) is 2.81. The number of nitrogens with zero attached hydrogens (tertiary/aromatic N) is 1. The quantitative estimate of drug-likeness (QED) is 0.898. The van der Waals surface area contributed by atoms with Gasteiger partial charge in [-0.05, 0) is 12.5 Å². The Bertz CT molecular complexity index is 536. The van der Waals surface area contributed by atoms with Gasteiger partial charge in [0, 0.05) is 26.1 Å². The van der Waals surface area contributed by atoms with E-state index in [-0.39, 0.29) is 25.0 Å². The normalized spacial score (nSPS) is 22.0. The highest BCUT2D eigenvalue weighted by atomic mass is 16.5. The SMILES string of the molecule is COCC1(C(=O)O)CCN(C(=O)c2ccoc2C(C)C)C1. The van der Waals surface area contributed by atoms with E-state index in [2.05, 4.69) is 0 Å². The third-order valence-electron chi connectivity index (χ3n) is 3.97. The molecule has 1 amide bonds. The number of ether oxygens (including phenoxy) is 1. The maximum Gasteiger partial charge on any atom is 0.313 e. The lowest BCUT2D eigenvalue weighted by atomic mass is 9.88. The van der Waals surface area contributed by atoms with Gasteiger partial charge in [0.2, 0.25) is 0 Å². The fourth-order valence-corrected chi connectivity index (χ4v) is 2.79. The summed E-state index contributed by atoms with van der Waals surface area (Å²) in [5.74, 6) is -0.355. The Morgan fingerprint density at radius 2 is 2.24 bits per heavy atom.